The van der Waals surface area contributed by atoms with Crippen molar-refractivity contribution in [3.8, 4) is 11.5 Å². The number of aryl methyl sites for hydroxylation is 1. The summed E-state index contributed by atoms with van der Waals surface area (Å²) in [5.74, 6) is 4.68. The van der Waals surface area contributed by atoms with Gasteiger partial charge in [0, 0.05) is 21.5 Å². The smallest absolute Gasteiger partial charge is 0.344 e. The molecule has 4 aliphatic rings. The number of benzene rings is 3. The Morgan fingerprint density at radius 2 is 1.19 bits per heavy atom. The zero-order chi connectivity index (χ0) is 28.6. The number of ether oxygens (including phenoxy) is 4. The lowest BCUT2D eigenvalue weighted by Crippen LogP contribution is -2.23. The van der Waals surface area contributed by atoms with Gasteiger partial charge in [0.2, 0.25) is 0 Å². The molecule has 6 heteroatoms. The summed E-state index contributed by atoms with van der Waals surface area (Å²) in [4.78, 5) is 25.6. The highest BCUT2D eigenvalue weighted by Gasteiger charge is 2.40. The molecule has 0 N–H and O–H groups in total. The van der Waals surface area contributed by atoms with Crippen molar-refractivity contribution in [3.63, 3.8) is 0 Å². The van der Waals surface area contributed by atoms with Crippen molar-refractivity contribution >= 4 is 33.5 Å². The van der Waals surface area contributed by atoms with Crippen molar-refractivity contribution in [2.24, 2.45) is 35.5 Å². The van der Waals surface area contributed by atoms with Crippen LogP contribution in [0.2, 0.25) is 0 Å². The molecule has 6 atom stereocenters. The van der Waals surface area contributed by atoms with E-state index < -0.39 is 0 Å². The molecule has 7 rings (SSSR count). The molecule has 4 aliphatic carbocycles. The van der Waals surface area contributed by atoms with Crippen LogP contribution in [0.4, 0.5) is 0 Å². The van der Waals surface area contributed by atoms with E-state index in [1.165, 1.54) is 51.4 Å². The zero-order valence-corrected chi connectivity index (χ0v) is 24.6. The van der Waals surface area contributed by atoms with Crippen LogP contribution in [0, 0.1) is 35.5 Å². The molecular weight excluding hydrogens is 528 g/mol. The SMILES string of the molecule is CCc1ccc2c(OCC(=O)OCC3CC4CCC3C4)c3ccccc3c(OCC(=O)OCC3CC4CCC3C4)c2c1. The van der Waals surface area contributed by atoms with E-state index in [2.05, 4.69) is 19.1 Å². The van der Waals surface area contributed by atoms with Gasteiger partial charge in [0.05, 0.1) is 13.2 Å². The summed E-state index contributed by atoms with van der Waals surface area (Å²) in [5, 5.41) is 3.38. The molecule has 0 aromatic heterocycles. The van der Waals surface area contributed by atoms with Gasteiger partial charge in [-0.2, -0.15) is 0 Å². The Kier molecular flexibility index (Phi) is 7.72. The minimum absolute atomic E-state index is 0.147. The first-order chi connectivity index (χ1) is 20.6. The molecule has 6 unspecified atom stereocenters. The number of fused-ring (bicyclic) bond motifs is 6. The third-order valence-corrected chi connectivity index (χ3v) is 10.8. The number of hydrogen-bond acceptors (Lipinski definition) is 6. The summed E-state index contributed by atoms with van der Waals surface area (Å²) in [6.45, 7) is 2.81. The average molecular weight is 571 g/mol. The van der Waals surface area contributed by atoms with Crippen LogP contribution in [0.3, 0.4) is 0 Å². The lowest BCUT2D eigenvalue weighted by molar-refractivity contribution is -0.148. The lowest BCUT2D eigenvalue weighted by atomic mass is 9.90. The van der Waals surface area contributed by atoms with Crippen molar-refractivity contribution in [2.75, 3.05) is 26.4 Å². The van der Waals surface area contributed by atoms with Crippen molar-refractivity contribution in [2.45, 2.75) is 64.7 Å². The first-order valence-corrected chi connectivity index (χ1v) is 16.1. The van der Waals surface area contributed by atoms with Crippen molar-refractivity contribution in [1.82, 2.24) is 0 Å². The molecule has 0 aliphatic heterocycles. The predicted octanol–water partition coefficient (Wildman–Crippen LogP) is 7.27. The number of hydrogen-bond donors (Lipinski definition) is 0. The molecule has 0 spiro atoms. The predicted molar refractivity (Wildman–Crippen MR) is 162 cm³/mol. The summed E-state index contributed by atoms with van der Waals surface area (Å²) in [6, 6.07) is 14.0. The van der Waals surface area contributed by atoms with Crippen molar-refractivity contribution in [3.05, 3.63) is 48.0 Å². The van der Waals surface area contributed by atoms with Gasteiger partial charge >= 0.3 is 11.9 Å². The highest BCUT2D eigenvalue weighted by Crippen LogP contribution is 2.49. The second-order valence-electron chi connectivity index (χ2n) is 13.3. The Morgan fingerprint density at radius 3 is 1.67 bits per heavy atom. The van der Waals surface area contributed by atoms with E-state index >= 15 is 0 Å². The van der Waals surface area contributed by atoms with Gasteiger partial charge in [0.1, 0.15) is 11.5 Å². The normalized spacial score (nSPS) is 27.5. The van der Waals surface area contributed by atoms with Crippen LogP contribution in [0.15, 0.2) is 42.5 Å². The van der Waals surface area contributed by atoms with Gasteiger partial charge in [-0.25, -0.2) is 9.59 Å². The summed E-state index contributed by atoms with van der Waals surface area (Å²) in [6.07, 6.45) is 11.0. The summed E-state index contributed by atoms with van der Waals surface area (Å²) >= 11 is 0. The second-order valence-corrected chi connectivity index (χ2v) is 13.3. The van der Waals surface area contributed by atoms with Crippen LogP contribution in [-0.2, 0) is 25.5 Å². The largest absolute Gasteiger partial charge is 0.481 e. The number of carbonyl (C=O) groups is 2. The van der Waals surface area contributed by atoms with E-state index in [1.54, 1.807) is 0 Å². The Labute approximate surface area is 248 Å². The highest BCUT2D eigenvalue weighted by atomic mass is 16.6. The molecule has 3 aromatic rings. The summed E-state index contributed by atoms with van der Waals surface area (Å²) < 4.78 is 23.9. The van der Waals surface area contributed by atoms with Gasteiger partial charge < -0.3 is 18.9 Å². The number of rotatable bonds is 11. The summed E-state index contributed by atoms with van der Waals surface area (Å²) in [5.41, 5.74) is 1.15. The van der Waals surface area contributed by atoms with Crippen LogP contribution in [0.25, 0.3) is 21.5 Å². The van der Waals surface area contributed by atoms with E-state index in [9.17, 15) is 9.59 Å². The fourth-order valence-electron chi connectivity index (χ4n) is 8.58. The van der Waals surface area contributed by atoms with Crippen LogP contribution in [0.5, 0.6) is 11.5 Å². The van der Waals surface area contributed by atoms with Gasteiger partial charge in [0.15, 0.2) is 13.2 Å². The first kappa shape index (κ1) is 27.5. The van der Waals surface area contributed by atoms with Gasteiger partial charge in [-0.3, -0.25) is 0 Å². The van der Waals surface area contributed by atoms with E-state index in [-0.39, 0.29) is 25.2 Å². The monoisotopic (exact) mass is 570 g/mol. The molecule has 0 heterocycles. The molecule has 4 fully saturated rings. The van der Waals surface area contributed by atoms with Gasteiger partial charge in [-0.1, -0.05) is 56.2 Å². The topological polar surface area (TPSA) is 71.1 Å². The molecule has 4 saturated carbocycles. The Hall–Kier alpha value is -3.28. The standard InChI is InChI=1S/C36H42O6/c1-2-22-9-12-31-32(17-22)36(42-21-34(38)40-19-28-16-24-8-11-26(28)14-24)30-6-4-3-5-29(30)35(31)41-20-33(37)39-18-27-15-23-7-10-25(27)13-23/h3-6,9,12,17,23-28H,2,7-8,10-11,13-16,18-21H2,1H3. The lowest BCUT2D eigenvalue weighted by Gasteiger charge is -2.22. The quantitative estimate of drug-likeness (QED) is 0.178. The zero-order valence-electron chi connectivity index (χ0n) is 24.6. The van der Waals surface area contributed by atoms with Crippen molar-refractivity contribution in [1.29, 1.82) is 0 Å². The molecule has 4 bridgehead atoms. The van der Waals surface area contributed by atoms with E-state index in [1.807, 2.05) is 30.3 Å². The molecule has 0 radical (unpaired) electrons. The number of carbonyl (C=O) groups excluding carboxylic acids is 2. The third kappa shape index (κ3) is 5.45. The highest BCUT2D eigenvalue weighted by molar-refractivity contribution is 6.11. The fraction of sp³-hybridized carbons (Fsp3) is 0.556. The Bertz CT molecular complexity index is 1480. The Morgan fingerprint density at radius 1 is 0.667 bits per heavy atom. The summed E-state index contributed by atoms with van der Waals surface area (Å²) in [7, 11) is 0. The molecule has 0 amide bonds. The Balaban J connectivity index is 1.07. The fourth-order valence-corrected chi connectivity index (χ4v) is 8.58. The van der Waals surface area contributed by atoms with Crippen LogP contribution in [0.1, 0.15) is 63.9 Å². The minimum atomic E-state index is -0.335. The van der Waals surface area contributed by atoms with E-state index in [4.69, 9.17) is 18.9 Å². The van der Waals surface area contributed by atoms with Gasteiger partial charge in [-0.05, 0) is 92.1 Å². The van der Waals surface area contributed by atoms with Crippen LogP contribution in [-0.4, -0.2) is 38.4 Å². The van der Waals surface area contributed by atoms with Crippen LogP contribution < -0.4 is 9.47 Å². The van der Waals surface area contributed by atoms with E-state index in [0.717, 1.165) is 45.4 Å². The van der Waals surface area contributed by atoms with Crippen molar-refractivity contribution < 1.29 is 28.5 Å². The van der Waals surface area contributed by atoms with E-state index in [0.29, 0.717) is 48.4 Å². The molecule has 222 valence electrons. The second kappa shape index (κ2) is 11.8. The van der Waals surface area contributed by atoms with Gasteiger partial charge in [-0.15, -0.1) is 0 Å². The third-order valence-electron chi connectivity index (χ3n) is 10.8. The average Bonchev–Trinajstić information content (AvgIpc) is 3.83. The minimum Gasteiger partial charge on any atom is -0.481 e. The molecule has 0 saturated heterocycles. The maximum absolute atomic E-state index is 12.8. The maximum Gasteiger partial charge on any atom is 0.344 e. The maximum atomic E-state index is 12.8. The van der Waals surface area contributed by atoms with Crippen LogP contribution >= 0.6 is 0 Å². The molecule has 6 nitrogen and oxygen atoms in total. The van der Waals surface area contributed by atoms with Gasteiger partial charge in [0.25, 0.3) is 0 Å². The first-order valence-electron chi connectivity index (χ1n) is 16.1. The molecular formula is C36H42O6. The molecule has 42 heavy (non-hydrogen) atoms. The molecule has 3 aromatic carbocycles. The number of esters is 2.